The first kappa shape index (κ1) is 21.9. The lowest BCUT2D eigenvalue weighted by Crippen LogP contribution is -2.24. The second kappa shape index (κ2) is 8.31. The number of aliphatic hydroxyl groups is 1. The number of benzene rings is 1. The van der Waals surface area contributed by atoms with Crippen molar-refractivity contribution in [1.82, 2.24) is 14.9 Å². The van der Waals surface area contributed by atoms with Gasteiger partial charge < -0.3 is 15.6 Å². The molecule has 1 aromatic carbocycles. The van der Waals surface area contributed by atoms with Crippen molar-refractivity contribution >= 4 is 17.2 Å². The Morgan fingerprint density at radius 1 is 1.41 bits per heavy atom. The standard InChI is InChI=1S/C23H21FN4O3S/c1-23(30,18-6-4-5-9-26-18)8-7-13-10-14-17(11-15(13)24)31-12-16(28(2)3)20-19(14)27-22(32-20)21(25)29/h4-6,9-11,16,30H,12H2,1-3H3,(H2,25,29). The van der Waals surface area contributed by atoms with Gasteiger partial charge in [0.2, 0.25) is 0 Å². The quantitative estimate of drug-likeness (QED) is 0.593. The summed E-state index contributed by atoms with van der Waals surface area (Å²) in [5, 5.41) is 10.9. The van der Waals surface area contributed by atoms with Crippen LogP contribution in [0, 0.1) is 17.7 Å². The van der Waals surface area contributed by atoms with E-state index in [-0.39, 0.29) is 23.2 Å². The molecule has 164 valence electrons. The minimum atomic E-state index is -1.57. The molecule has 2 atom stereocenters. The summed E-state index contributed by atoms with van der Waals surface area (Å²) in [4.78, 5) is 23.0. The van der Waals surface area contributed by atoms with Crippen molar-refractivity contribution in [1.29, 1.82) is 0 Å². The molecule has 1 amide bonds. The molecule has 0 aliphatic carbocycles. The van der Waals surface area contributed by atoms with Crippen LogP contribution in [0.4, 0.5) is 4.39 Å². The summed E-state index contributed by atoms with van der Waals surface area (Å²) in [6.45, 7) is 1.75. The third-order valence-corrected chi connectivity index (χ3v) is 6.29. The molecule has 1 aliphatic rings. The summed E-state index contributed by atoms with van der Waals surface area (Å²) < 4.78 is 20.7. The average Bonchev–Trinajstić information content (AvgIpc) is 3.13. The Kier molecular flexibility index (Phi) is 5.69. The number of nitrogens with zero attached hydrogens (tertiary/aromatic N) is 3. The number of primary amides is 1. The van der Waals surface area contributed by atoms with Gasteiger partial charge in [-0.3, -0.25) is 14.7 Å². The van der Waals surface area contributed by atoms with Crippen LogP contribution in [-0.2, 0) is 5.60 Å². The van der Waals surface area contributed by atoms with Crippen LogP contribution in [0.5, 0.6) is 5.75 Å². The van der Waals surface area contributed by atoms with Gasteiger partial charge in [-0.2, -0.15) is 0 Å². The van der Waals surface area contributed by atoms with Crippen LogP contribution in [0.2, 0.25) is 0 Å². The normalized spacial score (nSPS) is 16.6. The van der Waals surface area contributed by atoms with Crippen LogP contribution >= 0.6 is 11.3 Å². The van der Waals surface area contributed by atoms with Gasteiger partial charge in [-0.15, -0.1) is 11.3 Å². The van der Waals surface area contributed by atoms with Crippen molar-refractivity contribution in [2.75, 3.05) is 20.7 Å². The van der Waals surface area contributed by atoms with E-state index in [1.165, 1.54) is 30.4 Å². The first-order chi connectivity index (χ1) is 15.2. The number of thiazole rings is 1. The maximum absolute atomic E-state index is 14.9. The first-order valence-electron chi connectivity index (χ1n) is 9.78. The molecule has 0 saturated heterocycles. The highest BCUT2D eigenvalue weighted by molar-refractivity contribution is 7.14. The highest BCUT2D eigenvalue weighted by Gasteiger charge is 2.31. The minimum Gasteiger partial charge on any atom is -0.491 e. The van der Waals surface area contributed by atoms with Gasteiger partial charge in [0.1, 0.15) is 18.2 Å². The van der Waals surface area contributed by atoms with Crippen molar-refractivity contribution < 1.29 is 19.0 Å². The van der Waals surface area contributed by atoms with Crippen molar-refractivity contribution in [3.8, 4) is 28.8 Å². The molecule has 4 rings (SSSR count). The van der Waals surface area contributed by atoms with Gasteiger partial charge in [0.05, 0.1) is 27.9 Å². The molecule has 0 bridgehead atoms. The number of rotatable bonds is 3. The second-order valence-corrected chi connectivity index (χ2v) is 8.78. The number of aromatic nitrogens is 2. The van der Waals surface area contributed by atoms with Crippen LogP contribution in [0.25, 0.3) is 11.3 Å². The van der Waals surface area contributed by atoms with E-state index in [4.69, 9.17) is 10.5 Å². The molecule has 3 N–H and O–H groups in total. The Balaban J connectivity index is 1.83. The molecule has 0 spiro atoms. The lowest BCUT2D eigenvalue weighted by atomic mass is 10.0. The molecular weight excluding hydrogens is 431 g/mol. The monoisotopic (exact) mass is 452 g/mol. The molecule has 7 nitrogen and oxygen atoms in total. The maximum Gasteiger partial charge on any atom is 0.277 e. The van der Waals surface area contributed by atoms with Crippen LogP contribution in [0.1, 0.15) is 38.9 Å². The second-order valence-electron chi connectivity index (χ2n) is 7.75. The van der Waals surface area contributed by atoms with E-state index in [9.17, 15) is 14.3 Å². The van der Waals surface area contributed by atoms with Crippen LogP contribution in [0.3, 0.4) is 0 Å². The predicted molar refractivity (Wildman–Crippen MR) is 119 cm³/mol. The van der Waals surface area contributed by atoms with Gasteiger partial charge in [0, 0.05) is 17.8 Å². The summed E-state index contributed by atoms with van der Waals surface area (Å²) in [6.07, 6.45) is 1.55. The number of carbonyl (C=O) groups is 1. The summed E-state index contributed by atoms with van der Waals surface area (Å²) in [5.41, 5.74) is 5.32. The van der Waals surface area contributed by atoms with Gasteiger partial charge in [-0.25, -0.2) is 9.37 Å². The summed E-state index contributed by atoms with van der Waals surface area (Å²) in [6, 6.07) is 7.69. The Hall–Kier alpha value is -3.32. The number of fused-ring (bicyclic) bond motifs is 3. The number of likely N-dealkylation sites (N-methyl/N-ethyl adjacent to an activating group) is 1. The van der Waals surface area contributed by atoms with Crippen molar-refractivity contribution in [2.45, 2.75) is 18.6 Å². The zero-order valence-corrected chi connectivity index (χ0v) is 18.5. The molecule has 2 aromatic heterocycles. The van der Waals surface area contributed by atoms with E-state index in [0.29, 0.717) is 22.7 Å². The number of nitrogens with two attached hydrogens (primary N) is 1. The maximum atomic E-state index is 14.9. The van der Waals surface area contributed by atoms with E-state index in [0.717, 1.165) is 4.88 Å². The lowest BCUT2D eigenvalue weighted by Gasteiger charge is -2.21. The number of halogens is 1. The number of pyridine rings is 1. The van der Waals surface area contributed by atoms with Crippen molar-refractivity contribution in [3.63, 3.8) is 0 Å². The summed E-state index contributed by atoms with van der Waals surface area (Å²) in [7, 11) is 3.77. The number of hydrogen-bond donors (Lipinski definition) is 2. The molecule has 1 aliphatic heterocycles. The minimum absolute atomic E-state index is 0.0615. The van der Waals surface area contributed by atoms with Gasteiger partial charge in [0.15, 0.2) is 10.6 Å². The van der Waals surface area contributed by atoms with Crippen molar-refractivity contribution in [3.05, 3.63) is 63.5 Å². The Labute approximate surface area is 188 Å². The third-order valence-electron chi connectivity index (χ3n) is 5.12. The molecular formula is C23H21FN4O3S. The smallest absolute Gasteiger partial charge is 0.277 e. The third kappa shape index (κ3) is 4.08. The molecule has 2 unspecified atom stereocenters. The Morgan fingerprint density at radius 3 is 2.84 bits per heavy atom. The Morgan fingerprint density at radius 2 is 2.19 bits per heavy atom. The summed E-state index contributed by atoms with van der Waals surface area (Å²) in [5.74, 6) is 4.49. The van der Waals surface area contributed by atoms with Crippen LogP contribution in [-0.4, -0.2) is 46.6 Å². The number of carbonyl (C=O) groups excluding carboxylic acids is 1. The van der Waals surface area contributed by atoms with E-state index < -0.39 is 17.3 Å². The summed E-state index contributed by atoms with van der Waals surface area (Å²) >= 11 is 1.20. The molecule has 0 fully saturated rings. The number of ether oxygens (including phenoxy) is 1. The predicted octanol–water partition coefficient (Wildman–Crippen LogP) is 2.70. The van der Waals surface area contributed by atoms with E-state index in [1.807, 2.05) is 19.0 Å². The van der Waals surface area contributed by atoms with Gasteiger partial charge in [-0.05, 0) is 39.2 Å². The molecule has 3 heterocycles. The zero-order chi connectivity index (χ0) is 23.0. The van der Waals surface area contributed by atoms with Gasteiger partial charge in [-0.1, -0.05) is 17.9 Å². The molecule has 0 saturated carbocycles. The highest BCUT2D eigenvalue weighted by Crippen LogP contribution is 2.43. The fraction of sp³-hybridized carbons (Fsp3) is 0.261. The van der Waals surface area contributed by atoms with Gasteiger partial charge in [0.25, 0.3) is 5.91 Å². The van der Waals surface area contributed by atoms with Crippen LogP contribution < -0.4 is 10.5 Å². The van der Waals surface area contributed by atoms with E-state index in [2.05, 4.69) is 21.8 Å². The number of hydrogen-bond acceptors (Lipinski definition) is 7. The average molecular weight is 453 g/mol. The lowest BCUT2D eigenvalue weighted by molar-refractivity contribution is 0.0999. The number of amides is 1. The van der Waals surface area contributed by atoms with Crippen LogP contribution in [0.15, 0.2) is 36.5 Å². The van der Waals surface area contributed by atoms with E-state index in [1.54, 1.807) is 24.4 Å². The molecule has 0 radical (unpaired) electrons. The Bertz CT molecular complexity index is 1250. The largest absolute Gasteiger partial charge is 0.491 e. The van der Waals surface area contributed by atoms with Gasteiger partial charge >= 0.3 is 0 Å². The SMILES string of the molecule is CN(C)C1COc2cc(F)c(C#CC(C)(O)c3ccccn3)cc2-c2nc(C(N)=O)sc21. The fourth-order valence-corrected chi connectivity index (χ4v) is 4.46. The molecule has 9 heteroatoms. The zero-order valence-electron chi connectivity index (χ0n) is 17.7. The molecule has 3 aromatic rings. The fourth-order valence-electron chi connectivity index (χ4n) is 3.34. The van der Waals surface area contributed by atoms with Crippen molar-refractivity contribution in [2.24, 2.45) is 5.73 Å². The highest BCUT2D eigenvalue weighted by atomic mass is 32.1. The first-order valence-corrected chi connectivity index (χ1v) is 10.6. The molecule has 32 heavy (non-hydrogen) atoms. The van der Waals surface area contributed by atoms with E-state index >= 15 is 0 Å². The topological polar surface area (TPSA) is 102 Å².